The van der Waals surface area contributed by atoms with Crippen molar-refractivity contribution in [2.75, 3.05) is 0 Å². The largest absolute Gasteiger partial charge is 0.345 e. The van der Waals surface area contributed by atoms with E-state index in [-0.39, 0.29) is 11.9 Å². The van der Waals surface area contributed by atoms with Gasteiger partial charge in [0.05, 0.1) is 22.3 Å². The number of amides is 1. The molecule has 1 amide bonds. The lowest BCUT2D eigenvalue weighted by Crippen LogP contribution is -2.30. The molecule has 1 atom stereocenters. The van der Waals surface area contributed by atoms with Crippen LogP contribution in [0.15, 0.2) is 60.7 Å². The van der Waals surface area contributed by atoms with Crippen LogP contribution in [0.5, 0.6) is 0 Å². The van der Waals surface area contributed by atoms with E-state index in [0.717, 1.165) is 45.7 Å². The minimum atomic E-state index is 0.00177. The predicted octanol–water partition coefficient (Wildman–Crippen LogP) is 5.20. The van der Waals surface area contributed by atoms with Crippen LogP contribution in [0.4, 0.5) is 0 Å². The van der Waals surface area contributed by atoms with Crippen molar-refractivity contribution >= 4 is 27.5 Å². The Morgan fingerprint density at radius 2 is 1.93 bits per heavy atom. The standard InChI is InChI=1S/C23H21N3OS/c1-15-19-14-21(28-23(19)26(25-15)17-10-3-2-4-11-17)22(27)24-20-13-7-9-16-8-5-6-12-18(16)20/h2-6,8,10-12,14,20H,7,9,13H2,1H3,(H,24,27)/t20-/m1/s1. The molecule has 2 aromatic heterocycles. The van der Waals surface area contributed by atoms with Crippen molar-refractivity contribution < 1.29 is 4.79 Å². The maximum atomic E-state index is 13.0. The van der Waals surface area contributed by atoms with Crippen LogP contribution in [-0.2, 0) is 6.42 Å². The van der Waals surface area contributed by atoms with Gasteiger partial charge in [0.1, 0.15) is 4.83 Å². The first-order valence-corrected chi connectivity index (χ1v) is 10.5. The molecular weight excluding hydrogens is 366 g/mol. The number of rotatable bonds is 3. The Balaban J connectivity index is 1.47. The van der Waals surface area contributed by atoms with Gasteiger partial charge >= 0.3 is 0 Å². The number of carbonyl (C=O) groups is 1. The molecule has 0 fully saturated rings. The van der Waals surface area contributed by atoms with E-state index in [1.807, 2.05) is 48.0 Å². The lowest BCUT2D eigenvalue weighted by atomic mass is 9.88. The average molecular weight is 388 g/mol. The molecule has 1 N–H and O–H groups in total. The summed E-state index contributed by atoms with van der Waals surface area (Å²) in [6.07, 6.45) is 3.19. The first-order chi connectivity index (χ1) is 13.7. The molecule has 5 rings (SSSR count). The minimum absolute atomic E-state index is 0.00177. The highest BCUT2D eigenvalue weighted by Crippen LogP contribution is 2.33. The Morgan fingerprint density at radius 3 is 2.79 bits per heavy atom. The molecule has 0 aliphatic heterocycles. The highest BCUT2D eigenvalue weighted by atomic mass is 32.1. The lowest BCUT2D eigenvalue weighted by Gasteiger charge is -2.26. The molecule has 28 heavy (non-hydrogen) atoms. The van der Waals surface area contributed by atoms with Crippen molar-refractivity contribution in [2.24, 2.45) is 0 Å². The predicted molar refractivity (Wildman–Crippen MR) is 113 cm³/mol. The fourth-order valence-electron chi connectivity index (χ4n) is 4.04. The Bertz CT molecular complexity index is 1160. The number of hydrogen-bond donors (Lipinski definition) is 1. The average Bonchev–Trinajstić information content (AvgIpc) is 3.30. The van der Waals surface area contributed by atoms with Crippen LogP contribution in [0.2, 0.25) is 0 Å². The van der Waals surface area contributed by atoms with Gasteiger partial charge < -0.3 is 5.32 Å². The summed E-state index contributed by atoms with van der Waals surface area (Å²) in [4.78, 5) is 14.8. The van der Waals surface area contributed by atoms with E-state index in [0.29, 0.717) is 0 Å². The number of nitrogens with one attached hydrogen (secondary N) is 1. The summed E-state index contributed by atoms with van der Waals surface area (Å²) in [5.41, 5.74) is 4.56. The second-order valence-corrected chi connectivity index (χ2v) is 8.31. The molecule has 1 aliphatic rings. The number of thiophene rings is 1. The van der Waals surface area contributed by atoms with Gasteiger partial charge in [-0.15, -0.1) is 11.3 Å². The van der Waals surface area contributed by atoms with E-state index in [4.69, 9.17) is 0 Å². The van der Waals surface area contributed by atoms with Crippen molar-refractivity contribution in [1.29, 1.82) is 0 Å². The summed E-state index contributed by atoms with van der Waals surface area (Å²) < 4.78 is 1.93. The zero-order chi connectivity index (χ0) is 19.1. The summed E-state index contributed by atoms with van der Waals surface area (Å²) >= 11 is 1.51. The fraction of sp³-hybridized carbons (Fsp3) is 0.217. The van der Waals surface area contributed by atoms with Crippen molar-refractivity contribution in [3.8, 4) is 5.69 Å². The van der Waals surface area contributed by atoms with Crippen LogP contribution in [0.1, 0.15) is 45.4 Å². The molecule has 140 valence electrons. The maximum Gasteiger partial charge on any atom is 0.261 e. The molecule has 0 saturated heterocycles. The van der Waals surface area contributed by atoms with Gasteiger partial charge in [0, 0.05) is 5.39 Å². The molecule has 4 aromatic rings. The van der Waals surface area contributed by atoms with Gasteiger partial charge in [-0.2, -0.15) is 5.10 Å². The first kappa shape index (κ1) is 17.2. The van der Waals surface area contributed by atoms with Gasteiger partial charge in [0.2, 0.25) is 0 Å². The van der Waals surface area contributed by atoms with Crippen LogP contribution in [0.3, 0.4) is 0 Å². The van der Waals surface area contributed by atoms with E-state index in [1.165, 1.54) is 22.5 Å². The van der Waals surface area contributed by atoms with Gasteiger partial charge in [0.15, 0.2) is 0 Å². The van der Waals surface area contributed by atoms with E-state index in [1.54, 1.807) is 0 Å². The minimum Gasteiger partial charge on any atom is -0.345 e. The summed E-state index contributed by atoms with van der Waals surface area (Å²) in [6.45, 7) is 1.99. The third-order valence-electron chi connectivity index (χ3n) is 5.44. The molecule has 0 spiro atoms. The fourth-order valence-corrected chi connectivity index (χ4v) is 5.12. The van der Waals surface area contributed by atoms with Crippen LogP contribution in [0.25, 0.3) is 15.9 Å². The monoisotopic (exact) mass is 387 g/mol. The number of aromatic nitrogens is 2. The molecule has 0 unspecified atom stereocenters. The summed E-state index contributed by atoms with van der Waals surface area (Å²) in [6, 6.07) is 20.6. The van der Waals surface area contributed by atoms with Crippen molar-refractivity contribution in [3.63, 3.8) is 0 Å². The maximum absolute atomic E-state index is 13.0. The van der Waals surface area contributed by atoms with Crippen molar-refractivity contribution in [1.82, 2.24) is 15.1 Å². The quantitative estimate of drug-likeness (QED) is 0.525. The Labute approximate surface area is 167 Å². The number of carbonyl (C=O) groups excluding carboxylic acids is 1. The molecular formula is C23H21N3OS. The van der Waals surface area contributed by atoms with Crippen LogP contribution in [0, 0.1) is 6.92 Å². The molecule has 2 aromatic carbocycles. The molecule has 0 bridgehead atoms. The van der Waals surface area contributed by atoms with Gasteiger partial charge in [-0.3, -0.25) is 4.79 Å². The number of aryl methyl sites for hydroxylation is 2. The third kappa shape index (κ3) is 2.92. The Morgan fingerprint density at radius 1 is 1.14 bits per heavy atom. The van der Waals surface area contributed by atoms with Gasteiger partial charge in [0.25, 0.3) is 5.91 Å². The number of nitrogens with zero attached hydrogens (tertiary/aromatic N) is 2. The molecule has 4 nitrogen and oxygen atoms in total. The van der Waals surface area contributed by atoms with Crippen LogP contribution in [-0.4, -0.2) is 15.7 Å². The Kier molecular flexibility index (Phi) is 4.24. The smallest absolute Gasteiger partial charge is 0.261 e. The topological polar surface area (TPSA) is 46.9 Å². The highest BCUT2D eigenvalue weighted by Gasteiger charge is 2.23. The molecule has 5 heteroatoms. The number of hydrogen-bond acceptors (Lipinski definition) is 3. The van der Waals surface area contributed by atoms with Gasteiger partial charge in [-0.05, 0) is 55.5 Å². The van der Waals surface area contributed by atoms with E-state index >= 15 is 0 Å². The van der Waals surface area contributed by atoms with Crippen LogP contribution < -0.4 is 5.32 Å². The second-order valence-electron chi connectivity index (χ2n) is 7.28. The van der Waals surface area contributed by atoms with E-state index in [9.17, 15) is 4.79 Å². The number of para-hydroxylation sites is 1. The van der Waals surface area contributed by atoms with E-state index in [2.05, 4.69) is 34.7 Å². The summed E-state index contributed by atoms with van der Waals surface area (Å²) in [5, 5.41) is 8.97. The van der Waals surface area contributed by atoms with Gasteiger partial charge in [-0.25, -0.2) is 4.68 Å². The highest BCUT2D eigenvalue weighted by molar-refractivity contribution is 7.20. The lowest BCUT2D eigenvalue weighted by molar-refractivity contribution is 0.0937. The molecule has 1 aliphatic carbocycles. The van der Waals surface area contributed by atoms with Crippen molar-refractivity contribution in [2.45, 2.75) is 32.2 Å². The van der Waals surface area contributed by atoms with Crippen molar-refractivity contribution in [3.05, 3.63) is 82.4 Å². The second kappa shape index (κ2) is 6.91. The molecule has 2 heterocycles. The Hall–Kier alpha value is -2.92. The number of fused-ring (bicyclic) bond motifs is 2. The third-order valence-corrected chi connectivity index (χ3v) is 6.55. The number of benzene rings is 2. The molecule has 0 radical (unpaired) electrons. The zero-order valence-corrected chi connectivity index (χ0v) is 16.5. The molecule has 0 saturated carbocycles. The normalized spacial score (nSPS) is 16.1. The zero-order valence-electron chi connectivity index (χ0n) is 15.7. The van der Waals surface area contributed by atoms with E-state index < -0.39 is 0 Å². The summed E-state index contributed by atoms with van der Waals surface area (Å²) in [5.74, 6) is 0.00177. The van der Waals surface area contributed by atoms with Gasteiger partial charge in [-0.1, -0.05) is 42.5 Å². The summed E-state index contributed by atoms with van der Waals surface area (Å²) in [7, 11) is 0. The first-order valence-electron chi connectivity index (χ1n) is 9.64. The SMILES string of the molecule is Cc1nn(-c2ccccc2)c2sc(C(=O)N[C@@H]3CCCc4ccccc43)cc12. The van der Waals surface area contributed by atoms with Crippen LogP contribution >= 0.6 is 11.3 Å².